The number of likely N-dealkylation sites (N-methyl/N-ethyl adjacent to an activating group) is 2. The average Bonchev–Trinajstić information content (AvgIpc) is 2.42. The summed E-state index contributed by atoms with van der Waals surface area (Å²) in [5.74, 6) is 0. The van der Waals surface area contributed by atoms with Crippen LogP contribution in [0.25, 0.3) is 0 Å². The Balaban J connectivity index is 2.38. The van der Waals surface area contributed by atoms with Crippen molar-refractivity contribution in [3.63, 3.8) is 0 Å². The van der Waals surface area contributed by atoms with Crippen LogP contribution in [0.3, 0.4) is 0 Å². The van der Waals surface area contributed by atoms with E-state index in [0.717, 1.165) is 26.1 Å². The number of pyridine rings is 1. The number of hydrogen-bond acceptors (Lipinski definition) is 3. The van der Waals surface area contributed by atoms with Gasteiger partial charge in [-0.3, -0.25) is 4.98 Å². The van der Waals surface area contributed by atoms with Gasteiger partial charge < -0.3 is 10.2 Å². The molecular formula is C15H27N3. The molecule has 1 aromatic heterocycles. The Morgan fingerprint density at radius 3 is 2.61 bits per heavy atom. The minimum atomic E-state index is 0.650. The third-order valence-electron chi connectivity index (χ3n) is 3.38. The second-order valence-electron chi connectivity index (χ2n) is 4.84. The van der Waals surface area contributed by atoms with Gasteiger partial charge in [0.15, 0.2) is 0 Å². The van der Waals surface area contributed by atoms with Gasteiger partial charge in [0.1, 0.15) is 0 Å². The molecular weight excluding hydrogens is 222 g/mol. The standard InChI is InChI=1S/C15H27N3/c1-4-6-15(13-16-5-2)18(3)12-9-14-7-10-17-11-8-14/h7-8,10-11,15-16H,4-6,9,12-13H2,1-3H3. The molecule has 18 heavy (non-hydrogen) atoms. The average molecular weight is 249 g/mol. The predicted molar refractivity (Wildman–Crippen MR) is 77.8 cm³/mol. The molecule has 0 fully saturated rings. The molecule has 0 radical (unpaired) electrons. The maximum absolute atomic E-state index is 4.05. The highest BCUT2D eigenvalue weighted by molar-refractivity contribution is 5.09. The van der Waals surface area contributed by atoms with Crippen molar-refractivity contribution in [1.82, 2.24) is 15.2 Å². The summed E-state index contributed by atoms with van der Waals surface area (Å²) in [5, 5.41) is 3.46. The lowest BCUT2D eigenvalue weighted by Gasteiger charge is -2.28. The van der Waals surface area contributed by atoms with E-state index >= 15 is 0 Å². The molecule has 3 heteroatoms. The SMILES string of the molecule is CCCC(CNCC)N(C)CCc1ccncc1. The molecule has 0 spiro atoms. The minimum Gasteiger partial charge on any atom is -0.315 e. The molecule has 1 aromatic rings. The highest BCUT2D eigenvalue weighted by Gasteiger charge is 2.12. The first-order valence-corrected chi connectivity index (χ1v) is 7.07. The quantitative estimate of drug-likeness (QED) is 0.728. The summed E-state index contributed by atoms with van der Waals surface area (Å²) >= 11 is 0. The Bertz CT molecular complexity index is 300. The van der Waals surface area contributed by atoms with Crippen LogP contribution < -0.4 is 5.32 Å². The van der Waals surface area contributed by atoms with E-state index in [9.17, 15) is 0 Å². The Kier molecular flexibility index (Phi) is 7.62. The molecule has 1 atom stereocenters. The minimum absolute atomic E-state index is 0.650. The van der Waals surface area contributed by atoms with Crippen LogP contribution in [0, 0.1) is 0 Å². The topological polar surface area (TPSA) is 28.2 Å². The molecule has 1 unspecified atom stereocenters. The zero-order valence-electron chi connectivity index (χ0n) is 12.0. The largest absolute Gasteiger partial charge is 0.315 e. The molecule has 3 nitrogen and oxygen atoms in total. The molecule has 1 rings (SSSR count). The van der Waals surface area contributed by atoms with Crippen molar-refractivity contribution in [1.29, 1.82) is 0 Å². The molecule has 0 bridgehead atoms. The molecule has 0 saturated carbocycles. The van der Waals surface area contributed by atoms with E-state index in [-0.39, 0.29) is 0 Å². The van der Waals surface area contributed by atoms with Crippen LogP contribution >= 0.6 is 0 Å². The smallest absolute Gasteiger partial charge is 0.0270 e. The van der Waals surface area contributed by atoms with Gasteiger partial charge in [-0.15, -0.1) is 0 Å². The summed E-state index contributed by atoms with van der Waals surface area (Å²) in [4.78, 5) is 6.53. The summed E-state index contributed by atoms with van der Waals surface area (Å²) in [6.45, 7) is 7.69. The molecule has 0 aromatic carbocycles. The fourth-order valence-corrected chi connectivity index (χ4v) is 2.16. The van der Waals surface area contributed by atoms with Gasteiger partial charge in [0.25, 0.3) is 0 Å². The van der Waals surface area contributed by atoms with Gasteiger partial charge in [-0.05, 0) is 44.1 Å². The monoisotopic (exact) mass is 249 g/mol. The zero-order chi connectivity index (χ0) is 13.2. The highest BCUT2D eigenvalue weighted by atomic mass is 15.1. The van der Waals surface area contributed by atoms with Crippen LogP contribution in [0.2, 0.25) is 0 Å². The third kappa shape index (κ3) is 5.61. The lowest BCUT2D eigenvalue weighted by Crippen LogP contribution is -2.41. The Hall–Kier alpha value is -0.930. The Labute approximate surface area is 112 Å². The second-order valence-corrected chi connectivity index (χ2v) is 4.84. The molecule has 1 N–H and O–H groups in total. The van der Waals surface area contributed by atoms with Crippen LogP contribution in [-0.2, 0) is 6.42 Å². The Morgan fingerprint density at radius 1 is 1.28 bits per heavy atom. The first kappa shape index (κ1) is 15.1. The number of rotatable bonds is 9. The third-order valence-corrected chi connectivity index (χ3v) is 3.38. The number of nitrogens with zero attached hydrogens (tertiary/aromatic N) is 2. The summed E-state index contributed by atoms with van der Waals surface area (Å²) in [6.07, 6.45) is 7.36. The Morgan fingerprint density at radius 2 is 2.00 bits per heavy atom. The van der Waals surface area contributed by atoms with Crippen molar-refractivity contribution < 1.29 is 0 Å². The predicted octanol–water partition coefficient (Wildman–Crippen LogP) is 2.33. The van der Waals surface area contributed by atoms with Crippen molar-refractivity contribution in [2.24, 2.45) is 0 Å². The van der Waals surface area contributed by atoms with E-state index in [1.54, 1.807) is 0 Å². The molecule has 102 valence electrons. The van der Waals surface area contributed by atoms with Crippen molar-refractivity contribution >= 4 is 0 Å². The van der Waals surface area contributed by atoms with Crippen LogP contribution in [0.15, 0.2) is 24.5 Å². The van der Waals surface area contributed by atoms with Crippen molar-refractivity contribution in [3.05, 3.63) is 30.1 Å². The summed E-state index contributed by atoms with van der Waals surface area (Å²) in [7, 11) is 2.23. The normalized spacial score (nSPS) is 12.9. The highest BCUT2D eigenvalue weighted by Crippen LogP contribution is 2.06. The van der Waals surface area contributed by atoms with Crippen LogP contribution in [0.5, 0.6) is 0 Å². The van der Waals surface area contributed by atoms with Crippen molar-refractivity contribution in [2.45, 2.75) is 39.2 Å². The second kappa shape index (κ2) is 9.06. The molecule has 0 aliphatic heterocycles. The van der Waals surface area contributed by atoms with E-state index in [1.165, 1.54) is 18.4 Å². The number of hydrogen-bond donors (Lipinski definition) is 1. The summed E-state index contributed by atoms with van der Waals surface area (Å²) < 4.78 is 0. The maximum Gasteiger partial charge on any atom is 0.0270 e. The van der Waals surface area contributed by atoms with Gasteiger partial charge in [-0.1, -0.05) is 20.3 Å². The molecule has 0 saturated heterocycles. The van der Waals surface area contributed by atoms with Gasteiger partial charge in [0, 0.05) is 31.5 Å². The molecule has 0 amide bonds. The molecule has 0 aliphatic carbocycles. The van der Waals surface area contributed by atoms with E-state index in [0.29, 0.717) is 6.04 Å². The summed E-state index contributed by atoms with van der Waals surface area (Å²) in [6, 6.07) is 4.86. The van der Waals surface area contributed by atoms with Gasteiger partial charge in [0.05, 0.1) is 0 Å². The van der Waals surface area contributed by atoms with Gasteiger partial charge in [-0.2, -0.15) is 0 Å². The first-order chi connectivity index (χ1) is 8.77. The first-order valence-electron chi connectivity index (χ1n) is 7.07. The van der Waals surface area contributed by atoms with E-state index in [4.69, 9.17) is 0 Å². The van der Waals surface area contributed by atoms with Crippen LogP contribution in [0.1, 0.15) is 32.3 Å². The van der Waals surface area contributed by atoms with E-state index in [1.807, 2.05) is 12.4 Å². The molecule has 0 aliphatic rings. The number of aromatic nitrogens is 1. The van der Waals surface area contributed by atoms with Gasteiger partial charge >= 0.3 is 0 Å². The summed E-state index contributed by atoms with van der Waals surface area (Å²) in [5.41, 5.74) is 1.37. The van der Waals surface area contributed by atoms with Gasteiger partial charge in [0.2, 0.25) is 0 Å². The fourth-order valence-electron chi connectivity index (χ4n) is 2.16. The van der Waals surface area contributed by atoms with Crippen LogP contribution in [0.4, 0.5) is 0 Å². The lowest BCUT2D eigenvalue weighted by molar-refractivity contribution is 0.226. The van der Waals surface area contributed by atoms with Crippen molar-refractivity contribution in [2.75, 3.05) is 26.7 Å². The van der Waals surface area contributed by atoms with E-state index in [2.05, 4.69) is 48.2 Å². The van der Waals surface area contributed by atoms with Crippen LogP contribution in [-0.4, -0.2) is 42.6 Å². The number of nitrogens with one attached hydrogen (secondary N) is 1. The lowest BCUT2D eigenvalue weighted by atomic mass is 10.1. The zero-order valence-corrected chi connectivity index (χ0v) is 12.0. The maximum atomic E-state index is 4.05. The molecule has 1 heterocycles. The van der Waals surface area contributed by atoms with E-state index < -0.39 is 0 Å². The van der Waals surface area contributed by atoms with Crippen molar-refractivity contribution in [3.8, 4) is 0 Å². The fraction of sp³-hybridized carbons (Fsp3) is 0.667. The van der Waals surface area contributed by atoms with Gasteiger partial charge in [-0.25, -0.2) is 0 Å².